The van der Waals surface area contributed by atoms with Crippen LogP contribution in [0.15, 0.2) is 12.1 Å². The number of nitrogens with two attached hydrogens (primary N) is 1. The molecule has 3 N–H and O–H groups in total. The van der Waals surface area contributed by atoms with Crippen LogP contribution in [0.5, 0.6) is 5.75 Å². The van der Waals surface area contributed by atoms with Crippen molar-refractivity contribution in [3.8, 4) is 5.75 Å². The molecular formula is C14H24FN3O. The Morgan fingerprint density at radius 3 is 2.63 bits per heavy atom. The fourth-order valence-corrected chi connectivity index (χ4v) is 1.97. The summed E-state index contributed by atoms with van der Waals surface area (Å²) in [4.78, 5) is 2.35. The van der Waals surface area contributed by atoms with Crippen molar-refractivity contribution in [2.75, 3.05) is 44.3 Å². The molecule has 0 heterocycles. The molecule has 5 heteroatoms. The van der Waals surface area contributed by atoms with Crippen LogP contribution in [0.4, 0.5) is 15.8 Å². The SMILES string of the molecule is CCCN(CC)CCNc1cc(OC)c(F)cc1N. The number of rotatable bonds is 8. The molecule has 19 heavy (non-hydrogen) atoms. The Kier molecular flexibility index (Phi) is 6.42. The molecule has 1 rings (SSSR count). The van der Waals surface area contributed by atoms with E-state index < -0.39 is 5.82 Å². The number of halogens is 1. The predicted octanol–water partition coefficient (Wildman–Crippen LogP) is 2.56. The van der Waals surface area contributed by atoms with E-state index in [-0.39, 0.29) is 5.75 Å². The van der Waals surface area contributed by atoms with Crippen molar-refractivity contribution in [1.29, 1.82) is 0 Å². The number of nitrogens with zero attached hydrogens (tertiary/aromatic N) is 1. The molecule has 0 atom stereocenters. The molecule has 0 radical (unpaired) electrons. The second kappa shape index (κ2) is 7.84. The largest absolute Gasteiger partial charge is 0.494 e. The third-order valence-corrected chi connectivity index (χ3v) is 3.05. The van der Waals surface area contributed by atoms with Crippen molar-refractivity contribution in [2.24, 2.45) is 0 Å². The van der Waals surface area contributed by atoms with Gasteiger partial charge in [0, 0.05) is 25.2 Å². The summed E-state index contributed by atoms with van der Waals surface area (Å²) in [5, 5.41) is 3.22. The Morgan fingerprint density at radius 2 is 2.05 bits per heavy atom. The van der Waals surface area contributed by atoms with Gasteiger partial charge in [0.25, 0.3) is 0 Å². The molecule has 0 amide bonds. The average molecular weight is 269 g/mol. The van der Waals surface area contributed by atoms with Crippen LogP contribution in [0.2, 0.25) is 0 Å². The Bertz CT molecular complexity index is 399. The lowest BCUT2D eigenvalue weighted by atomic mass is 10.2. The number of likely N-dealkylation sites (N-methyl/N-ethyl adjacent to an activating group) is 1. The zero-order valence-corrected chi connectivity index (χ0v) is 12.0. The van der Waals surface area contributed by atoms with E-state index in [2.05, 4.69) is 24.1 Å². The highest BCUT2D eigenvalue weighted by Gasteiger charge is 2.08. The number of hydrogen-bond acceptors (Lipinski definition) is 4. The highest BCUT2D eigenvalue weighted by Crippen LogP contribution is 2.27. The van der Waals surface area contributed by atoms with Crippen molar-refractivity contribution >= 4 is 11.4 Å². The molecule has 0 unspecified atom stereocenters. The summed E-state index contributed by atoms with van der Waals surface area (Å²) < 4.78 is 18.3. The van der Waals surface area contributed by atoms with Crippen LogP contribution in [-0.4, -0.2) is 38.2 Å². The van der Waals surface area contributed by atoms with E-state index in [1.54, 1.807) is 6.07 Å². The second-order valence-electron chi connectivity index (χ2n) is 4.44. The lowest BCUT2D eigenvalue weighted by molar-refractivity contribution is 0.300. The quantitative estimate of drug-likeness (QED) is 0.712. The first-order valence-corrected chi connectivity index (χ1v) is 6.71. The van der Waals surface area contributed by atoms with Gasteiger partial charge in [-0.3, -0.25) is 0 Å². The summed E-state index contributed by atoms with van der Waals surface area (Å²) in [7, 11) is 1.44. The third kappa shape index (κ3) is 4.59. The van der Waals surface area contributed by atoms with Crippen LogP contribution in [0.3, 0.4) is 0 Å². The van der Waals surface area contributed by atoms with Gasteiger partial charge in [-0.1, -0.05) is 13.8 Å². The van der Waals surface area contributed by atoms with Gasteiger partial charge in [-0.2, -0.15) is 0 Å². The predicted molar refractivity (Wildman–Crippen MR) is 78.3 cm³/mol. The number of hydrogen-bond donors (Lipinski definition) is 2. The fraction of sp³-hybridized carbons (Fsp3) is 0.571. The van der Waals surface area contributed by atoms with Gasteiger partial charge in [0.2, 0.25) is 0 Å². The Balaban J connectivity index is 2.57. The minimum atomic E-state index is -0.438. The van der Waals surface area contributed by atoms with E-state index in [1.165, 1.54) is 13.2 Å². The number of nitrogens with one attached hydrogen (secondary N) is 1. The number of nitrogen functional groups attached to an aromatic ring is 1. The molecule has 0 spiro atoms. The van der Waals surface area contributed by atoms with Crippen molar-refractivity contribution in [3.05, 3.63) is 17.9 Å². The normalized spacial score (nSPS) is 10.8. The average Bonchev–Trinajstić information content (AvgIpc) is 2.40. The maximum absolute atomic E-state index is 13.4. The third-order valence-electron chi connectivity index (χ3n) is 3.05. The van der Waals surface area contributed by atoms with E-state index in [0.717, 1.165) is 32.6 Å². The summed E-state index contributed by atoms with van der Waals surface area (Å²) in [5.41, 5.74) is 6.89. The van der Waals surface area contributed by atoms with Crippen molar-refractivity contribution in [2.45, 2.75) is 20.3 Å². The molecule has 108 valence electrons. The standard InChI is InChI=1S/C14H24FN3O/c1-4-7-18(5-2)8-6-17-13-10-14(19-3)11(15)9-12(13)16/h9-10,17H,4-8,16H2,1-3H3. The fourth-order valence-electron chi connectivity index (χ4n) is 1.97. The first kappa shape index (κ1) is 15.6. The van der Waals surface area contributed by atoms with Gasteiger partial charge in [-0.05, 0) is 19.5 Å². The van der Waals surface area contributed by atoms with E-state index >= 15 is 0 Å². The number of ether oxygens (including phenoxy) is 1. The Hall–Kier alpha value is -1.49. The van der Waals surface area contributed by atoms with E-state index in [1.807, 2.05) is 0 Å². The van der Waals surface area contributed by atoms with Gasteiger partial charge in [0.05, 0.1) is 18.5 Å². The van der Waals surface area contributed by atoms with E-state index in [0.29, 0.717) is 11.4 Å². The topological polar surface area (TPSA) is 50.5 Å². The van der Waals surface area contributed by atoms with Crippen molar-refractivity contribution < 1.29 is 9.13 Å². The highest BCUT2D eigenvalue weighted by molar-refractivity contribution is 5.68. The minimum absolute atomic E-state index is 0.206. The number of methoxy groups -OCH3 is 1. The number of anilines is 2. The van der Waals surface area contributed by atoms with Crippen LogP contribution in [-0.2, 0) is 0 Å². The molecule has 1 aromatic carbocycles. The molecule has 0 aliphatic rings. The van der Waals surface area contributed by atoms with Crippen LogP contribution < -0.4 is 15.8 Å². The highest BCUT2D eigenvalue weighted by atomic mass is 19.1. The lowest BCUT2D eigenvalue weighted by Gasteiger charge is -2.20. The maximum Gasteiger partial charge on any atom is 0.167 e. The maximum atomic E-state index is 13.4. The zero-order valence-electron chi connectivity index (χ0n) is 12.0. The molecule has 0 aliphatic carbocycles. The summed E-state index contributed by atoms with van der Waals surface area (Å²) >= 11 is 0. The summed E-state index contributed by atoms with van der Waals surface area (Å²) in [6, 6.07) is 2.88. The summed E-state index contributed by atoms with van der Waals surface area (Å²) in [6.45, 7) is 8.12. The lowest BCUT2D eigenvalue weighted by Crippen LogP contribution is -2.29. The first-order chi connectivity index (χ1) is 9.12. The van der Waals surface area contributed by atoms with Crippen LogP contribution >= 0.6 is 0 Å². The van der Waals surface area contributed by atoms with Gasteiger partial charge in [0.1, 0.15) is 0 Å². The number of benzene rings is 1. The van der Waals surface area contributed by atoms with Crippen LogP contribution in [0.1, 0.15) is 20.3 Å². The molecule has 0 saturated heterocycles. The van der Waals surface area contributed by atoms with Crippen LogP contribution in [0, 0.1) is 5.82 Å². The smallest absolute Gasteiger partial charge is 0.167 e. The van der Waals surface area contributed by atoms with Gasteiger partial charge in [-0.15, -0.1) is 0 Å². The molecular weight excluding hydrogens is 245 g/mol. The molecule has 1 aromatic rings. The Labute approximate surface area is 114 Å². The second-order valence-corrected chi connectivity index (χ2v) is 4.44. The molecule has 4 nitrogen and oxygen atoms in total. The summed E-state index contributed by atoms with van der Waals surface area (Å²) in [5.74, 6) is -0.232. The van der Waals surface area contributed by atoms with Crippen LogP contribution in [0.25, 0.3) is 0 Å². The van der Waals surface area contributed by atoms with Gasteiger partial charge >= 0.3 is 0 Å². The Morgan fingerprint density at radius 1 is 1.32 bits per heavy atom. The minimum Gasteiger partial charge on any atom is -0.494 e. The van der Waals surface area contributed by atoms with Gasteiger partial charge in [-0.25, -0.2) is 4.39 Å². The van der Waals surface area contributed by atoms with Crippen molar-refractivity contribution in [3.63, 3.8) is 0 Å². The summed E-state index contributed by atoms with van der Waals surface area (Å²) in [6.07, 6.45) is 1.14. The first-order valence-electron chi connectivity index (χ1n) is 6.71. The van der Waals surface area contributed by atoms with Gasteiger partial charge in [0.15, 0.2) is 11.6 Å². The molecule has 0 aromatic heterocycles. The molecule has 0 bridgehead atoms. The van der Waals surface area contributed by atoms with Gasteiger partial charge < -0.3 is 20.7 Å². The molecule has 0 saturated carbocycles. The molecule has 0 aliphatic heterocycles. The van der Waals surface area contributed by atoms with Crippen molar-refractivity contribution in [1.82, 2.24) is 4.90 Å². The zero-order chi connectivity index (χ0) is 14.3. The monoisotopic (exact) mass is 269 g/mol. The molecule has 0 fully saturated rings. The van der Waals surface area contributed by atoms with E-state index in [4.69, 9.17) is 10.5 Å². The van der Waals surface area contributed by atoms with E-state index in [9.17, 15) is 4.39 Å².